The topological polar surface area (TPSA) is 0 Å². The number of benzene rings is 1. The quantitative estimate of drug-likeness (QED) is 0.612. The normalized spacial score (nSPS) is 13.4. The third-order valence-electron chi connectivity index (χ3n) is 2.37. The van der Waals surface area contributed by atoms with Gasteiger partial charge in [-0.25, -0.2) is 12.2 Å². The Morgan fingerprint density at radius 1 is 0.895 bits per heavy atom. The van der Waals surface area contributed by atoms with Crippen LogP contribution in [0.4, 0.5) is 0 Å². The van der Waals surface area contributed by atoms with Gasteiger partial charge in [0.05, 0.1) is 0 Å². The van der Waals surface area contributed by atoms with E-state index in [1.165, 1.54) is 11.1 Å². The van der Waals surface area contributed by atoms with Gasteiger partial charge in [0.15, 0.2) is 0 Å². The Morgan fingerprint density at radius 3 is 2.05 bits per heavy atom. The minimum atomic E-state index is 0. The molecule has 0 saturated heterocycles. The molecular weight excluding hydrogens is 354 g/mol. The molecule has 0 radical (unpaired) electrons. The molecule has 3 heteroatoms. The summed E-state index contributed by atoms with van der Waals surface area (Å²) in [6, 6.07) is 10.4. The molecule has 19 heavy (non-hydrogen) atoms. The molecule has 0 heterocycles. The van der Waals surface area contributed by atoms with Crippen molar-refractivity contribution in [3.8, 4) is 0 Å². The van der Waals surface area contributed by atoms with E-state index >= 15 is 0 Å². The van der Waals surface area contributed by atoms with Crippen LogP contribution in [0.25, 0.3) is 5.57 Å². The summed E-state index contributed by atoms with van der Waals surface area (Å²) in [5.74, 6) is 0. The second kappa shape index (κ2) is 12.7. The summed E-state index contributed by atoms with van der Waals surface area (Å²) in [6.07, 6.45) is 18.5. The summed E-state index contributed by atoms with van der Waals surface area (Å²) >= 11 is 0. The van der Waals surface area contributed by atoms with Gasteiger partial charge in [0.1, 0.15) is 0 Å². The molecule has 1 aromatic rings. The third kappa shape index (κ3) is 7.72. The molecular formula is C16H16Cl2Zr. The van der Waals surface area contributed by atoms with Crippen LogP contribution in [0.1, 0.15) is 18.4 Å². The molecule has 0 N–H and O–H groups in total. The molecule has 1 aromatic carbocycles. The standard InChI is InChI=1S/C11H9.C5H5.2ClH.Zr/c1-2-6-10(7-3-1)11-8-4-5-9-11;1-2-4-5-3-1;;;/h1-4,6-8H,5H2;1-3H,4H2;2*1H;/q2*-1;;;+2. The molecule has 2 aliphatic rings. The molecule has 3 rings (SSSR count). The molecule has 0 bridgehead atoms. The zero-order valence-corrected chi connectivity index (χ0v) is 14.6. The first kappa shape index (κ1) is 21.0. The van der Waals surface area contributed by atoms with Gasteiger partial charge in [0.2, 0.25) is 0 Å². The summed E-state index contributed by atoms with van der Waals surface area (Å²) in [7, 11) is 0. The van der Waals surface area contributed by atoms with Crippen LogP contribution in [0.5, 0.6) is 0 Å². The zero-order valence-electron chi connectivity index (χ0n) is 10.5. The number of allylic oxidation sites excluding steroid dienone is 8. The number of hydrogen-bond donors (Lipinski definition) is 0. The van der Waals surface area contributed by atoms with Crippen LogP contribution in [-0.4, -0.2) is 0 Å². The van der Waals surface area contributed by atoms with Gasteiger partial charge in [0, 0.05) is 0 Å². The van der Waals surface area contributed by atoms with Gasteiger partial charge >= 0.3 is 26.2 Å². The largest absolute Gasteiger partial charge is 2.00 e. The summed E-state index contributed by atoms with van der Waals surface area (Å²) in [5.41, 5.74) is 2.49. The summed E-state index contributed by atoms with van der Waals surface area (Å²) in [6.45, 7) is 0. The van der Waals surface area contributed by atoms with E-state index in [1.807, 2.05) is 18.2 Å². The summed E-state index contributed by atoms with van der Waals surface area (Å²) in [4.78, 5) is 0. The van der Waals surface area contributed by atoms with Gasteiger partial charge < -0.3 is 0 Å². The van der Waals surface area contributed by atoms with Crippen LogP contribution in [0.2, 0.25) is 0 Å². The van der Waals surface area contributed by atoms with Gasteiger partial charge in [-0.1, -0.05) is 24.6 Å². The van der Waals surface area contributed by atoms with E-state index in [0.717, 1.165) is 12.8 Å². The van der Waals surface area contributed by atoms with Crippen LogP contribution in [-0.2, 0) is 26.2 Å². The van der Waals surface area contributed by atoms with E-state index in [9.17, 15) is 0 Å². The van der Waals surface area contributed by atoms with Crippen molar-refractivity contribution in [3.63, 3.8) is 0 Å². The molecule has 0 nitrogen and oxygen atoms in total. The Labute approximate surface area is 147 Å². The smallest absolute Gasteiger partial charge is 0.273 e. The zero-order chi connectivity index (χ0) is 11.1. The second-order valence-electron chi connectivity index (χ2n) is 3.57. The Bertz CT molecular complexity index is 435. The maximum Gasteiger partial charge on any atom is 2.00 e. The fraction of sp³-hybridized carbons (Fsp3) is 0.125. The monoisotopic (exact) mass is 368 g/mol. The number of halogens is 2. The van der Waals surface area contributed by atoms with E-state index in [2.05, 4.69) is 54.6 Å². The maximum atomic E-state index is 3.28. The summed E-state index contributed by atoms with van der Waals surface area (Å²) < 4.78 is 0. The van der Waals surface area contributed by atoms with E-state index in [0.29, 0.717) is 0 Å². The van der Waals surface area contributed by atoms with Crippen LogP contribution < -0.4 is 0 Å². The van der Waals surface area contributed by atoms with Crippen molar-refractivity contribution in [2.45, 2.75) is 12.8 Å². The van der Waals surface area contributed by atoms with E-state index in [4.69, 9.17) is 0 Å². The van der Waals surface area contributed by atoms with Crippen molar-refractivity contribution < 1.29 is 26.2 Å². The first-order valence-corrected chi connectivity index (χ1v) is 5.51. The van der Waals surface area contributed by atoms with E-state index in [-0.39, 0.29) is 51.0 Å². The molecule has 0 amide bonds. The van der Waals surface area contributed by atoms with Crippen molar-refractivity contribution in [2.75, 3.05) is 0 Å². The van der Waals surface area contributed by atoms with Gasteiger partial charge in [-0.15, -0.1) is 55.0 Å². The molecule has 0 aliphatic heterocycles. The first-order chi connectivity index (χ1) is 7.97. The third-order valence-corrected chi connectivity index (χ3v) is 2.37. The van der Waals surface area contributed by atoms with Crippen LogP contribution in [0.15, 0.2) is 60.7 Å². The Kier molecular flexibility index (Phi) is 14.0. The van der Waals surface area contributed by atoms with Crippen molar-refractivity contribution in [1.29, 1.82) is 0 Å². The SMILES string of the molecule is Cl.Cl.[C-]1=C(c2ccccc2)C=CC1.[C-]1=CC=CC1.[Zr+2]. The molecule has 2 aliphatic carbocycles. The second-order valence-corrected chi connectivity index (χ2v) is 3.57. The molecule has 0 fully saturated rings. The first-order valence-electron chi connectivity index (χ1n) is 5.51. The number of rotatable bonds is 1. The Balaban J connectivity index is 0. The average molecular weight is 370 g/mol. The Morgan fingerprint density at radius 2 is 1.63 bits per heavy atom. The minimum absolute atomic E-state index is 0. The molecule has 0 unspecified atom stereocenters. The van der Waals surface area contributed by atoms with Crippen molar-refractivity contribution in [3.05, 3.63) is 78.4 Å². The van der Waals surface area contributed by atoms with Gasteiger partial charge in [0.25, 0.3) is 0 Å². The van der Waals surface area contributed by atoms with Crippen LogP contribution in [0, 0.1) is 12.2 Å². The molecule has 0 spiro atoms. The van der Waals surface area contributed by atoms with Gasteiger partial charge in [-0.2, -0.15) is 23.8 Å². The number of hydrogen-bond acceptors (Lipinski definition) is 0. The van der Waals surface area contributed by atoms with Gasteiger partial charge in [-0.3, -0.25) is 6.08 Å². The van der Waals surface area contributed by atoms with E-state index in [1.54, 1.807) is 0 Å². The predicted molar refractivity (Wildman–Crippen MR) is 82.9 cm³/mol. The predicted octanol–water partition coefficient (Wildman–Crippen LogP) is 4.98. The molecule has 98 valence electrons. The fourth-order valence-corrected chi connectivity index (χ4v) is 1.56. The van der Waals surface area contributed by atoms with Crippen LogP contribution >= 0.6 is 24.8 Å². The van der Waals surface area contributed by atoms with E-state index < -0.39 is 0 Å². The molecule has 0 saturated carbocycles. The van der Waals surface area contributed by atoms with Crippen molar-refractivity contribution in [2.24, 2.45) is 0 Å². The van der Waals surface area contributed by atoms with Crippen LogP contribution in [0.3, 0.4) is 0 Å². The van der Waals surface area contributed by atoms with Crippen molar-refractivity contribution in [1.82, 2.24) is 0 Å². The Hall–Kier alpha value is -0.357. The minimum Gasteiger partial charge on any atom is -0.273 e. The molecule has 0 aromatic heterocycles. The van der Waals surface area contributed by atoms with Crippen molar-refractivity contribution >= 4 is 30.4 Å². The maximum absolute atomic E-state index is 3.28. The fourth-order valence-electron chi connectivity index (χ4n) is 1.56. The van der Waals surface area contributed by atoms with Gasteiger partial charge in [-0.05, 0) is 0 Å². The average Bonchev–Trinajstić information content (AvgIpc) is 3.07. The summed E-state index contributed by atoms with van der Waals surface area (Å²) in [5, 5.41) is 0. The molecule has 0 atom stereocenters.